The summed E-state index contributed by atoms with van der Waals surface area (Å²) in [6.45, 7) is 2.04. The van der Waals surface area contributed by atoms with Crippen LogP contribution in [-0.4, -0.2) is 105 Å². The number of likely N-dealkylation sites (tertiary alicyclic amines) is 2. The number of nitrogens with one attached hydrogen (secondary N) is 1. The predicted molar refractivity (Wildman–Crippen MR) is 96.1 cm³/mol. The van der Waals surface area contributed by atoms with Crippen molar-refractivity contribution in [3.8, 4) is 0 Å². The molecule has 4 fully saturated rings. The molecule has 3 amide bonds. The molecule has 4 saturated heterocycles. The Morgan fingerprint density at radius 3 is 2.18 bits per heavy atom. The van der Waals surface area contributed by atoms with Gasteiger partial charge in [0.05, 0.1) is 31.7 Å². The topological polar surface area (TPSA) is 118 Å². The monoisotopic (exact) mass is 386 g/mol. The summed E-state index contributed by atoms with van der Waals surface area (Å²) in [6.07, 6.45) is 5.96. The van der Waals surface area contributed by atoms with Gasteiger partial charge in [-0.05, 0) is 12.8 Å². The van der Waals surface area contributed by atoms with Gasteiger partial charge in [-0.15, -0.1) is 0 Å². The molecule has 0 aliphatic carbocycles. The number of rotatable bonds is 2. The minimum absolute atomic E-state index is 0.0492. The van der Waals surface area contributed by atoms with Crippen molar-refractivity contribution in [2.45, 2.75) is 54.4 Å². The van der Waals surface area contributed by atoms with Crippen molar-refractivity contribution >= 4 is 30.2 Å². The first-order chi connectivity index (χ1) is 13.4. The Balaban J connectivity index is 1.10. The zero-order valence-corrected chi connectivity index (χ0v) is 15.4. The van der Waals surface area contributed by atoms with E-state index in [1.54, 1.807) is 22.2 Å². The van der Waals surface area contributed by atoms with Crippen LogP contribution >= 0.6 is 0 Å². The fourth-order valence-electron chi connectivity index (χ4n) is 5.60. The van der Waals surface area contributed by atoms with Crippen LogP contribution < -0.4 is 5.32 Å². The summed E-state index contributed by atoms with van der Waals surface area (Å²) in [6, 6.07) is -0.354. The number of hydroxylamine groups is 2. The minimum Gasteiger partial charge on any atom is -0.351 e. The van der Waals surface area contributed by atoms with Crippen molar-refractivity contribution in [3.05, 3.63) is 0 Å². The number of hydrogen-bond donors (Lipinski definition) is 2. The van der Waals surface area contributed by atoms with Crippen LogP contribution in [0.15, 0.2) is 9.98 Å². The van der Waals surface area contributed by atoms with Gasteiger partial charge in [0.15, 0.2) is 11.1 Å². The number of hydrogen-bond acceptors (Lipinski definition) is 7. The van der Waals surface area contributed by atoms with Gasteiger partial charge in [-0.25, -0.2) is 0 Å². The second kappa shape index (κ2) is 4.98. The summed E-state index contributed by atoms with van der Waals surface area (Å²) in [7, 11) is 0. The van der Waals surface area contributed by atoms with Gasteiger partial charge in [-0.3, -0.25) is 24.4 Å². The van der Waals surface area contributed by atoms with E-state index in [0.717, 1.165) is 6.42 Å². The Bertz CT molecular complexity index is 874. The van der Waals surface area contributed by atoms with Crippen LogP contribution in [0.25, 0.3) is 0 Å². The SMILES string of the molecule is O=C1NCC12CC(N1CC3(CC(N4CC5(CCCN5O)C4=O)C=N3)C1=O)C=N2. The van der Waals surface area contributed by atoms with Gasteiger partial charge >= 0.3 is 0 Å². The summed E-state index contributed by atoms with van der Waals surface area (Å²) < 4.78 is 0. The van der Waals surface area contributed by atoms with Crippen molar-refractivity contribution in [2.24, 2.45) is 9.98 Å². The maximum atomic E-state index is 12.9. The summed E-state index contributed by atoms with van der Waals surface area (Å²) in [5.41, 5.74) is -2.21. The van der Waals surface area contributed by atoms with E-state index >= 15 is 0 Å². The number of β-lactam (4-membered cyclic amide) rings is 3. The average molecular weight is 386 g/mol. The Morgan fingerprint density at radius 2 is 1.68 bits per heavy atom. The lowest BCUT2D eigenvalue weighted by Crippen LogP contribution is -2.74. The molecule has 6 rings (SSSR count). The molecular formula is C18H22N6O4. The van der Waals surface area contributed by atoms with Gasteiger partial charge in [-0.1, -0.05) is 0 Å². The van der Waals surface area contributed by atoms with Gasteiger partial charge in [-0.2, -0.15) is 5.06 Å². The maximum absolute atomic E-state index is 12.9. The van der Waals surface area contributed by atoms with Crippen LogP contribution in [0.3, 0.4) is 0 Å². The van der Waals surface area contributed by atoms with Crippen LogP contribution in [0.1, 0.15) is 25.7 Å². The van der Waals surface area contributed by atoms with Gasteiger partial charge in [0.25, 0.3) is 5.91 Å². The molecule has 0 radical (unpaired) electrons. The molecule has 10 nitrogen and oxygen atoms in total. The molecule has 0 aromatic carbocycles. The molecule has 6 aliphatic heterocycles. The van der Waals surface area contributed by atoms with Crippen molar-refractivity contribution < 1.29 is 19.6 Å². The molecule has 28 heavy (non-hydrogen) atoms. The highest BCUT2D eigenvalue weighted by atomic mass is 16.5. The standard InChI is InChI=1S/C18H22N6O4/c25-13-16(8-19-13)4-11(6-20-16)22-9-17(14(22)26)5-12(7-21-17)23-10-18(15(23)27)2-1-3-24(18)28/h6-7,11-12,28H,1-5,8-10H2,(H,19,25). The van der Waals surface area contributed by atoms with E-state index in [1.165, 1.54) is 5.06 Å². The van der Waals surface area contributed by atoms with Crippen molar-refractivity contribution in [3.63, 3.8) is 0 Å². The summed E-state index contributed by atoms with van der Waals surface area (Å²) in [5.74, 6) is -0.180. The van der Waals surface area contributed by atoms with Crippen molar-refractivity contribution in [1.29, 1.82) is 0 Å². The lowest BCUT2D eigenvalue weighted by molar-refractivity contribution is -0.208. The van der Waals surface area contributed by atoms with E-state index in [1.807, 2.05) is 0 Å². The minimum atomic E-state index is -0.784. The van der Waals surface area contributed by atoms with Crippen LogP contribution in [0.2, 0.25) is 0 Å². The largest absolute Gasteiger partial charge is 0.351 e. The summed E-state index contributed by atoms with van der Waals surface area (Å²) >= 11 is 0. The number of nitrogens with zero attached hydrogens (tertiary/aromatic N) is 5. The molecule has 0 saturated carbocycles. The average Bonchev–Trinajstić information content (AvgIpc) is 3.41. The quantitative estimate of drug-likeness (QED) is 0.543. The first-order valence-corrected chi connectivity index (χ1v) is 9.87. The Morgan fingerprint density at radius 1 is 1.00 bits per heavy atom. The molecule has 2 N–H and O–H groups in total. The Labute approximate surface area is 161 Å². The molecule has 5 atom stereocenters. The van der Waals surface area contributed by atoms with Crippen molar-refractivity contribution in [2.75, 3.05) is 26.2 Å². The first kappa shape index (κ1) is 16.6. The lowest BCUT2D eigenvalue weighted by Gasteiger charge is -2.52. The van der Waals surface area contributed by atoms with Gasteiger partial charge < -0.3 is 20.3 Å². The smallest absolute Gasteiger partial charge is 0.253 e. The number of aliphatic imine (C=N–C) groups is 2. The van der Waals surface area contributed by atoms with E-state index in [0.29, 0.717) is 45.4 Å². The van der Waals surface area contributed by atoms with E-state index < -0.39 is 16.6 Å². The molecule has 148 valence electrons. The Kier molecular flexibility index (Phi) is 2.96. The molecule has 5 unspecified atom stereocenters. The second-order valence-electron chi connectivity index (χ2n) is 8.97. The van der Waals surface area contributed by atoms with Gasteiger partial charge in [0, 0.05) is 31.8 Å². The van der Waals surface area contributed by atoms with Crippen LogP contribution in [0.5, 0.6) is 0 Å². The molecule has 0 aromatic rings. The van der Waals surface area contributed by atoms with Crippen molar-refractivity contribution in [1.82, 2.24) is 20.2 Å². The van der Waals surface area contributed by atoms with Gasteiger partial charge in [0.2, 0.25) is 11.8 Å². The van der Waals surface area contributed by atoms with E-state index in [9.17, 15) is 19.6 Å². The lowest BCUT2D eigenvalue weighted by atomic mass is 9.79. The normalized spacial score (nSPS) is 46.7. The third-order valence-corrected chi connectivity index (χ3v) is 7.48. The first-order valence-electron chi connectivity index (χ1n) is 9.87. The van der Waals surface area contributed by atoms with Crippen LogP contribution in [0, 0.1) is 0 Å². The number of carbonyl (C=O) groups is 3. The predicted octanol–water partition coefficient (Wildman–Crippen LogP) is -1.81. The Hall–Kier alpha value is -2.33. The zero-order valence-electron chi connectivity index (χ0n) is 15.4. The highest BCUT2D eigenvalue weighted by Gasteiger charge is 2.64. The van der Waals surface area contributed by atoms with E-state index in [4.69, 9.17) is 0 Å². The third-order valence-electron chi connectivity index (χ3n) is 7.48. The molecule has 3 spiro atoms. The summed E-state index contributed by atoms with van der Waals surface area (Å²) in [4.78, 5) is 49.7. The van der Waals surface area contributed by atoms with Crippen LogP contribution in [0.4, 0.5) is 0 Å². The third kappa shape index (κ3) is 1.78. The molecule has 10 heteroatoms. The number of carbonyl (C=O) groups excluding carboxylic acids is 3. The zero-order chi connectivity index (χ0) is 19.3. The fourth-order valence-corrected chi connectivity index (χ4v) is 5.60. The number of amides is 3. The molecule has 6 heterocycles. The van der Waals surface area contributed by atoms with E-state index in [2.05, 4.69) is 15.3 Å². The second-order valence-corrected chi connectivity index (χ2v) is 8.97. The fraction of sp³-hybridized carbons (Fsp3) is 0.722. The molecule has 6 aliphatic rings. The molecule has 0 bridgehead atoms. The van der Waals surface area contributed by atoms with Gasteiger partial charge in [0.1, 0.15) is 5.54 Å². The maximum Gasteiger partial charge on any atom is 0.253 e. The van der Waals surface area contributed by atoms with E-state index in [-0.39, 0.29) is 29.8 Å². The molecule has 0 aromatic heterocycles. The summed E-state index contributed by atoms with van der Waals surface area (Å²) in [5, 5.41) is 13.9. The van der Waals surface area contributed by atoms with Crippen LogP contribution in [-0.2, 0) is 14.4 Å². The highest BCUT2D eigenvalue weighted by Crippen LogP contribution is 2.44. The molecular weight excluding hydrogens is 364 g/mol. The highest BCUT2D eigenvalue weighted by molar-refractivity contribution is 6.02.